The van der Waals surface area contributed by atoms with E-state index in [4.69, 9.17) is 10.9 Å². The SMILES string of the molecule is CC.CC.CC1CC(=O)N(CCCCCN)C1=O.CC1CCN(O)CC1.[HH]. The van der Waals surface area contributed by atoms with E-state index in [0.717, 1.165) is 51.1 Å². The maximum atomic E-state index is 11.5. The van der Waals surface area contributed by atoms with Crippen LogP contribution in [0.3, 0.4) is 0 Å². The molecule has 0 saturated carbocycles. The van der Waals surface area contributed by atoms with Crippen LogP contribution < -0.4 is 5.73 Å². The average Bonchev–Trinajstić information content (AvgIpc) is 2.91. The Morgan fingerprint density at radius 1 is 1.04 bits per heavy atom. The van der Waals surface area contributed by atoms with Gasteiger partial charge in [0, 0.05) is 33.4 Å². The molecule has 0 aromatic carbocycles. The summed E-state index contributed by atoms with van der Waals surface area (Å²) < 4.78 is 0. The fourth-order valence-electron chi connectivity index (χ4n) is 2.67. The van der Waals surface area contributed by atoms with Gasteiger partial charge in [-0.05, 0) is 38.1 Å². The number of amides is 2. The lowest BCUT2D eigenvalue weighted by molar-refractivity contribution is -0.139. The molecule has 2 saturated heterocycles. The Hall–Kier alpha value is -0.980. The van der Waals surface area contributed by atoms with Crippen molar-refractivity contribution in [2.75, 3.05) is 26.2 Å². The number of nitrogens with two attached hydrogens (primary N) is 1. The predicted molar refractivity (Wildman–Crippen MR) is 110 cm³/mol. The molecule has 0 radical (unpaired) electrons. The average molecular weight is 376 g/mol. The van der Waals surface area contributed by atoms with Crippen molar-refractivity contribution in [3.05, 3.63) is 0 Å². The summed E-state index contributed by atoms with van der Waals surface area (Å²) in [5.41, 5.74) is 5.35. The first-order chi connectivity index (χ1) is 12.5. The molecule has 2 aliphatic heterocycles. The van der Waals surface area contributed by atoms with E-state index in [-0.39, 0.29) is 19.2 Å². The van der Waals surface area contributed by atoms with Crippen LogP contribution >= 0.6 is 0 Å². The van der Waals surface area contributed by atoms with Crippen LogP contribution in [0.5, 0.6) is 0 Å². The monoisotopic (exact) mass is 375 g/mol. The Bertz CT molecular complexity index is 352. The Morgan fingerprint density at radius 2 is 1.58 bits per heavy atom. The lowest BCUT2D eigenvalue weighted by Crippen LogP contribution is -2.31. The molecule has 6 heteroatoms. The van der Waals surface area contributed by atoms with Crippen LogP contribution in [0.1, 0.15) is 81.5 Å². The quantitative estimate of drug-likeness (QED) is 0.562. The van der Waals surface area contributed by atoms with Gasteiger partial charge in [0.05, 0.1) is 0 Å². The van der Waals surface area contributed by atoms with Gasteiger partial charge in [0.1, 0.15) is 0 Å². The highest BCUT2D eigenvalue weighted by molar-refractivity contribution is 6.03. The van der Waals surface area contributed by atoms with Crippen molar-refractivity contribution >= 4 is 11.8 Å². The summed E-state index contributed by atoms with van der Waals surface area (Å²) in [7, 11) is 0. The van der Waals surface area contributed by atoms with Crippen molar-refractivity contribution in [1.29, 1.82) is 0 Å². The molecular formula is C20H45N3O3. The summed E-state index contributed by atoms with van der Waals surface area (Å²) in [6, 6.07) is 0. The molecule has 2 heterocycles. The molecule has 6 nitrogen and oxygen atoms in total. The topological polar surface area (TPSA) is 86.9 Å². The molecule has 1 unspecified atom stereocenters. The number of likely N-dealkylation sites (tertiary alicyclic amines) is 1. The van der Waals surface area contributed by atoms with Gasteiger partial charge in [-0.3, -0.25) is 14.5 Å². The summed E-state index contributed by atoms with van der Waals surface area (Å²) in [5, 5.41) is 10.3. The zero-order chi connectivity index (χ0) is 20.5. The van der Waals surface area contributed by atoms with Crippen molar-refractivity contribution in [1.82, 2.24) is 9.96 Å². The fourth-order valence-corrected chi connectivity index (χ4v) is 2.67. The molecule has 1 atom stereocenters. The standard InChI is InChI=1S/C10H18N2O2.C6H13NO.2C2H6.H2/c1-8-7-9(13)12(10(8)14)6-4-2-3-5-11;1-6-2-4-7(8)5-3-6;2*1-2;/h8H,2-7,11H2,1H3;6,8H,2-5H2,1H3;2*1-2H3;1H. The molecule has 2 amide bonds. The predicted octanol–water partition coefficient (Wildman–Crippen LogP) is 3.92. The highest BCUT2D eigenvalue weighted by Crippen LogP contribution is 2.19. The summed E-state index contributed by atoms with van der Waals surface area (Å²) in [4.78, 5) is 24.2. The van der Waals surface area contributed by atoms with Crippen molar-refractivity contribution < 1.29 is 16.2 Å². The molecule has 2 rings (SSSR count). The van der Waals surface area contributed by atoms with Crippen molar-refractivity contribution in [2.45, 2.75) is 80.1 Å². The molecular weight excluding hydrogens is 330 g/mol. The minimum Gasteiger partial charge on any atom is -0.330 e. The van der Waals surface area contributed by atoms with Crippen LogP contribution in [-0.4, -0.2) is 53.2 Å². The first-order valence-electron chi connectivity index (χ1n) is 10.4. The van der Waals surface area contributed by atoms with E-state index < -0.39 is 0 Å². The van der Waals surface area contributed by atoms with Gasteiger partial charge in [-0.25, -0.2) is 0 Å². The maximum Gasteiger partial charge on any atom is 0.232 e. The second-order valence-corrected chi connectivity index (χ2v) is 6.47. The molecule has 2 aliphatic rings. The van der Waals surface area contributed by atoms with Gasteiger partial charge in [-0.2, -0.15) is 5.06 Å². The number of hydroxylamine groups is 2. The molecule has 2 fully saturated rings. The van der Waals surface area contributed by atoms with Gasteiger partial charge < -0.3 is 10.9 Å². The van der Waals surface area contributed by atoms with Gasteiger partial charge in [0.25, 0.3) is 0 Å². The molecule has 0 aromatic heterocycles. The highest BCUT2D eigenvalue weighted by atomic mass is 16.5. The number of carbonyl (C=O) groups excluding carboxylic acids is 2. The summed E-state index contributed by atoms with van der Waals surface area (Å²) in [5.74, 6) is 0.674. The summed E-state index contributed by atoms with van der Waals surface area (Å²) >= 11 is 0. The number of hydrogen-bond donors (Lipinski definition) is 2. The lowest BCUT2D eigenvalue weighted by Gasteiger charge is -2.24. The normalized spacial score (nSPS) is 20.5. The summed E-state index contributed by atoms with van der Waals surface area (Å²) in [6.45, 7) is 15.0. The second-order valence-electron chi connectivity index (χ2n) is 6.47. The minimum absolute atomic E-state index is 0. The van der Waals surface area contributed by atoms with Gasteiger partial charge >= 0.3 is 0 Å². The largest absolute Gasteiger partial charge is 0.330 e. The number of piperidine rings is 1. The van der Waals surface area contributed by atoms with Crippen LogP contribution in [0.25, 0.3) is 0 Å². The number of unbranched alkanes of at least 4 members (excludes halogenated alkanes) is 2. The van der Waals surface area contributed by atoms with Gasteiger partial charge in [0.2, 0.25) is 11.8 Å². The first kappa shape index (κ1) is 27.2. The van der Waals surface area contributed by atoms with E-state index in [1.165, 1.54) is 9.96 Å². The third kappa shape index (κ3) is 11.6. The fraction of sp³-hybridized carbons (Fsp3) is 0.900. The Balaban J connectivity index is -0.000000379. The van der Waals surface area contributed by atoms with Crippen molar-refractivity contribution in [2.24, 2.45) is 17.6 Å². The summed E-state index contributed by atoms with van der Waals surface area (Å²) in [6.07, 6.45) is 5.51. The van der Waals surface area contributed by atoms with Crippen LogP contribution in [0, 0.1) is 11.8 Å². The first-order valence-corrected chi connectivity index (χ1v) is 10.4. The number of rotatable bonds is 5. The van der Waals surface area contributed by atoms with Crippen molar-refractivity contribution in [3.8, 4) is 0 Å². The van der Waals surface area contributed by atoms with Gasteiger partial charge in [-0.1, -0.05) is 48.0 Å². The molecule has 26 heavy (non-hydrogen) atoms. The van der Waals surface area contributed by atoms with E-state index >= 15 is 0 Å². The van der Waals surface area contributed by atoms with E-state index in [9.17, 15) is 9.59 Å². The molecule has 158 valence electrons. The molecule has 0 aliphatic carbocycles. The smallest absolute Gasteiger partial charge is 0.232 e. The van der Waals surface area contributed by atoms with Gasteiger partial charge in [0.15, 0.2) is 0 Å². The van der Waals surface area contributed by atoms with Crippen LogP contribution in [0.15, 0.2) is 0 Å². The Kier molecular flexibility index (Phi) is 18.3. The lowest BCUT2D eigenvalue weighted by atomic mass is 10.0. The van der Waals surface area contributed by atoms with E-state index in [1.54, 1.807) is 6.92 Å². The second kappa shape index (κ2) is 17.4. The molecule has 3 N–H and O–H groups in total. The third-order valence-corrected chi connectivity index (χ3v) is 4.32. The van der Waals surface area contributed by atoms with E-state index in [1.807, 2.05) is 27.7 Å². The van der Waals surface area contributed by atoms with Crippen molar-refractivity contribution in [3.63, 3.8) is 0 Å². The zero-order valence-corrected chi connectivity index (χ0v) is 18.0. The van der Waals surface area contributed by atoms with Crippen LogP contribution in [0.2, 0.25) is 0 Å². The van der Waals surface area contributed by atoms with E-state index in [2.05, 4.69) is 6.92 Å². The number of carbonyl (C=O) groups is 2. The Morgan fingerprint density at radius 3 is 1.96 bits per heavy atom. The molecule has 0 spiro atoms. The highest BCUT2D eigenvalue weighted by Gasteiger charge is 2.34. The van der Waals surface area contributed by atoms with Crippen LogP contribution in [0.4, 0.5) is 0 Å². The minimum atomic E-state index is -0.114. The Labute approximate surface area is 162 Å². The number of imide groups is 1. The molecule has 0 bridgehead atoms. The third-order valence-electron chi connectivity index (χ3n) is 4.32. The molecule has 0 aromatic rings. The maximum absolute atomic E-state index is 11.5. The van der Waals surface area contributed by atoms with E-state index in [0.29, 0.717) is 19.5 Å². The zero-order valence-electron chi connectivity index (χ0n) is 18.0. The number of nitrogens with zero attached hydrogens (tertiary/aromatic N) is 2. The van der Waals surface area contributed by atoms with Gasteiger partial charge in [-0.15, -0.1) is 0 Å². The number of hydrogen-bond acceptors (Lipinski definition) is 5. The van der Waals surface area contributed by atoms with Crippen LogP contribution in [-0.2, 0) is 9.59 Å².